The number of hydrogen-bond acceptors (Lipinski definition) is 7. The Morgan fingerprint density at radius 2 is 1.69 bits per heavy atom. The summed E-state index contributed by atoms with van der Waals surface area (Å²) in [5, 5.41) is 3.47. The zero-order valence-electron chi connectivity index (χ0n) is 20.1. The molecule has 0 unspecified atom stereocenters. The number of ether oxygens (including phenoxy) is 2. The van der Waals surface area contributed by atoms with Gasteiger partial charge in [0.25, 0.3) is 10.0 Å². The van der Waals surface area contributed by atoms with Gasteiger partial charge < -0.3 is 19.7 Å². The third-order valence-electron chi connectivity index (χ3n) is 5.83. The van der Waals surface area contributed by atoms with Crippen LogP contribution in [-0.4, -0.2) is 52.8 Å². The number of nitrogens with zero attached hydrogens (tertiary/aromatic N) is 2. The maximum atomic E-state index is 14.3. The number of aromatic nitrogens is 1. The predicted molar refractivity (Wildman–Crippen MR) is 134 cm³/mol. The van der Waals surface area contributed by atoms with Gasteiger partial charge in [0.2, 0.25) is 0 Å². The molecule has 10 heteroatoms. The van der Waals surface area contributed by atoms with E-state index >= 15 is 0 Å². The van der Waals surface area contributed by atoms with Crippen LogP contribution in [0.3, 0.4) is 0 Å². The van der Waals surface area contributed by atoms with Crippen molar-refractivity contribution in [3.05, 3.63) is 60.4 Å². The van der Waals surface area contributed by atoms with Crippen molar-refractivity contribution in [3.63, 3.8) is 0 Å². The van der Waals surface area contributed by atoms with E-state index in [2.05, 4.69) is 33.8 Å². The minimum atomic E-state index is -3.98. The molecule has 1 aliphatic rings. The number of nitrogens with one attached hydrogen (secondary N) is 2. The molecule has 1 aliphatic heterocycles. The maximum absolute atomic E-state index is 14.3. The van der Waals surface area contributed by atoms with Gasteiger partial charge in [-0.25, -0.2) is 17.8 Å². The number of anilines is 2. The maximum Gasteiger partial charge on any atom is 0.263 e. The number of methoxy groups -OCH3 is 2. The van der Waals surface area contributed by atoms with Crippen molar-refractivity contribution < 1.29 is 22.3 Å². The number of halogens is 1. The lowest BCUT2D eigenvalue weighted by Gasteiger charge is -2.37. The van der Waals surface area contributed by atoms with Crippen LogP contribution in [-0.2, 0) is 10.0 Å². The molecule has 4 rings (SSSR count). The SMILES string of the molecule is COc1ccc(F)c(-c2ccc(S(=O)(=O)Nc3nc(N4C[C@@H](C)N[C@@H](C)C4)ccc3OC)cc2)c1. The molecule has 0 amide bonds. The van der Waals surface area contributed by atoms with Crippen LogP contribution in [0.5, 0.6) is 11.5 Å². The average molecular weight is 501 g/mol. The molecule has 186 valence electrons. The van der Waals surface area contributed by atoms with Gasteiger partial charge in [-0.3, -0.25) is 4.72 Å². The summed E-state index contributed by atoms with van der Waals surface area (Å²) in [5.41, 5.74) is 0.844. The van der Waals surface area contributed by atoms with E-state index in [9.17, 15) is 12.8 Å². The topological polar surface area (TPSA) is 92.8 Å². The van der Waals surface area contributed by atoms with Crippen LogP contribution < -0.4 is 24.4 Å². The molecule has 1 saturated heterocycles. The second kappa shape index (κ2) is 10.1. The molecule has 0 aliphatic carbocycles. The Kier molecular flexibility index (Phi) is 7.13. The van der Waals surface area contributed by atoms with Crippen LogP contribution in [0, 0.1) is 5.82 Å². The van der Waals surface area contributed by atoms with Gasteiger partial charge in [-0.05, 0) is 61.9 Å². The van der Waals surface area contributed by atoms with Gasteiger partial charge in [-0.15, -0.1) is 0 Å². The summed E-state index contributed by atoms with van der Waals surface area (Å²) in [7, 11) is -1.02. The zero-order valence-corrected chi connectivity index (χ0v) is 20.9. The minimum Gasteiger partial charge on any atom is -0.497 e. The molecule has 8 nitrogen and oxygen atoms in total. The minimum absolute atomic E-state index is 0.0169. The first-order valence-electron chi connectivity index (χ1n) is 11.2. The highest BCUT2D eigenvalue weighted by Crippen LogP contribution is 2.31. The smallest absolute Gasteiger partial charge is 0.263 e. The summed E-state index contributed by atoms with van der Waals surface area (Å²) in [6, 6.07) is 14.4. The molecular weight excluding hydrogens is 471 g/mol. The lowest BCUT2D eigenvalue weighted by atomic mass is 10.1. The van der Waals surface area contributed by atoms with Crippen molar-refractivity contribution in [1.82, 2.24) is 10.3 Å². The van der Waals surface area contributed by atoms with Gasteiger partial charge in [0.1, 0.15) is 17.4 Å². The van der Waals surface area contributed by atoms with Gasteiger partial charge >= 0.3 is 0 Å². The van der Waals surface area contributed by atoms with E-state index in [-0.39, 0.29) is 22.8 Å². The molecule has 35 heavy (non-hydrogen) atoms. The Hall–Kier alpha value is -3.37. The van der Waals surface area contributed by atoms with Gasteiger partial charge in [0, 0.05) is 30.7 Å². The average Bonchev–Trinajstić information content (AvgIpc) is 2.83. The fourth-order valence-electron chi connectivity index (χ4n) is 4.22. The molecule has 0 saturated carbocycles. The second-order valence-corrected chi connectivity index (χ2v) is 10.3. The molecule has 2 heterocycles. The van der Waals surface area contributed by atoms with Crippen molar-refractivity contribution in [3.8, 4) is 22.6 Å². The van der Waals surface area contributed by atoms with Crippen LogP contribution >= 0.6 is 0 Å². The molecule has 3 aromatic rings. The lowest BCUT2D eigenvalue weighted by Crippen LogP contribution is -2.54. The van der Waals surface area contributed by atoms with Crippen LogP contribution in [0.25, 0.3) is 11.1 Å². The Bertz CT molecular complexity index is 1290. The van der Waals surface area contributed by atoms with Crippen LogP contribution in [0.2, 0.25) is 0 Å². The quantitative estimate of drug-likeness (QED) is 0.508. The Balaban J connectivity index is 1.60. The van der Waals surface area contributed by atoms with Crippen LogP contribution in [0.4, 0.5) is 16.0 Å². The zero-order chi connectivity index (χ0) is 25.2. The second-order valence-electron chi connectivity index (χ2n) is 8.57. The van der Waals surface area contributed by atoms with Gasteiger partial charge in [-0.1, -0.05) is 12.1 Å². The molecule has 1 fully saturated rings. The predicted octanol–water partition coefficient (Wildman–Crippen LogP) is 3.89. The summed E-state index contributed by atoms with van der Waals surface area (Å²) in [5.74, 6) is 1.15. The summed E-state index contributed by atoms with van der Waals surface area (Å²) in [4.78, 5) is 6.69. The Labute approximate surface area is 205 Å². The van der Waals surface area contributed by atoms with E-state index in [0.717, 1.165) is 13.1 Å². The number of hydrogen-bond donors (Lipinski definition) is 2. The van der Waals surface area contributed by atoms with Crippen LogP contribution in [0.1, 0.15) is 13.8 Å². The highest BCUT2D eigenvalue weighted by molar-refractivity contribution is 7.92. The van der Waals surface area contributed by atoms with E-state index in [4.69, 9.17) is 9.47 Å². The number of benzene rings is 2. The molecule has 2 aromatic carbocycles. The van der Waals surface area contributed by atoms with E-state index in [1.165, 1.54) is 38.5 Å². The summed E-state index contributed by atoms with van der Waals surface area (Å²) < 4.78 is 53.7. The standard InChI is InChI=1S/C25H29FN4O4S/c1-16-14-30(15-17(2)27-16)24-12-11-23(34-4)25(28-24)29-35(31,32)20-8-5-18(6-9-20)21-13-19(33-3)7-10-22(21)26/h5-13,16-17,27H,14-15H2,1-4H3,(H,28,29)/t16-,17+. The molecule has 0 spiro atoms. The highest BCUT2D eigenvalue weighted by Gasteiger charge is 2.24. The highest BCUT2D eigenvalue weighted by atomic mass is 32.2. The number of piperazine rings is 1. The van der Waals surface area contributed by atoms with Crippen molar-refractivity contribution in [1.29, 1.82) is 0 Å². The normalized spacial score (nSPS) is 18.3. The summed E-state index contributed by atoms with van der Waals surface area (Å²) in [6.45, 7) is 5.68. The largest absolute Gasteiger partial charge is 0.497 e. The van der Waals surface area contributed by atoms with E-state index in [0.29, 0.717) is 28.4 Å². The van der Waals surface area contributed by atoms with E-state index in [1.54, 1.807) is 24.3 Å². The van der Waals surface area contributed by atoms with E-state index in [1.807, 2.05) is 6.07 Å². The van der Waals surface area contributed by atoms with Crippen molar-refractivity contribution >= 4 is 21.7 Å². The van der Waals surface area contributed by atoms with Crippen molar-refractivity contribution in [2.45, 2.75) is 30.8 Å². The van der Waals surface area contributed by atoms with Crippen molar-refractivity contribution in [2.24, 2.45) is 0 Å². The van der Waals surface area contributed by atoms with Gasteiger partial charge in [0.15, 0.2) is 11.6 Å². The first-order valence-corrected chi connectivity index (χ1v) is 12.7. The Morgan fingerprint density at radius 1 is 1.00 bits per heavy atom. The molecule has 1 aromatic heterocycles. The number of sulfonamides is 1. The third kappa shape index (κ3) is 5.49. The first kappa shape index (κ1) is 24.7. The summed E-state index contributed by atoms with van der Waals surface area (Å²) >= 11 is 0. The fraction of sp³-hybridized carbons (Fsp3) is 0.320. The monoisotopic (exact) mass is 500 g/mol. The molecule has 2 N–H and O–H groups in total. The Morgan fingerprint density at radius 3 is 2.31 bits per heavy atom. The van der Waals surface area contributed by atoms with Gasteiger partial charge in [0.05, 0.1) is 19.1 Å². The molecular formula is C25H29FN4O4S. The molecule has 0 radical (unpaired) electrons. The number of rotatable bonds is 7. The van der Waals surface area contributed by atoms with Gasteiger partial charge in [-0.2, -0.15) is 0 Å². The number of pyridine rings is 1. The van der Waals surface area contributed by atoms with Crippen LogP contribution in [0.15, 0.2) is 59.5 Å². The lowest BCUT2D eigenvalue weighted by molar-refractivity contribution is 0.403. The van der Waals surface area contributed by atoms with Crippen molar-refractivity contribution in [2.75, 3.05) is 36.9 Å². The fourth-order valence-corrected chi connectivity index (χ4v) is 5.23. The van der Waals surface area contributed by atoms with E-state index < -0.39 is 15.8 Å². The molecule has 0 bridgehead atoms. The summed E-state index contributed by atoms with van der Waals surface area (Å²) in [6.07, 6.45) is 0. The first-order chi connectivity index (χ1) is 16.7. The third-order valence-corrected chi connectivity index (χ3v) is 7.18. The molecule has 2 atom stereocenters.